The number of hydrogen-bond donors (Lipinski definition) is 2. The Morgan fingerprint density at radius 1 is 0.800 bits per heavy atom. The monoisotopic (exact) mass is 339 g/mol. The topological polar surface area (TPSA) is 49.3 Å². The van der Waals surface area contributed by atoms with Gasteiger partial charge >= 0.3 is 0 Å². The van der Waals surface area contributed by atoms with Gasteiger partial charge < -0.3 is 0 Å². The summed E-state index contributed by atoms with van der Waals surface area (Å²) >= 11 is 0. The first-order valence-electron chi connectivity index (χ1n) is 7.64. The molecule has 0 spiro atoms. The number of carbonyl (C=O) groups excluding carboxylic acids is 1. The Labute approximate surface area is 143 Å². The Morgan fingerprint density at radius 2 is 1.40 bits per heavy atom. The van der Waals surface area contributed by atoms with E-state index in [1.165, 1.54) is 6.07 Å². The smallest absolute Gasteiger partial charge is 0.255 e. The molecule has 0 saturated carbocycles. The molecular weight excluding hydrogens is 324 g/mol. The third kappa shape index (κ3) is 3.56. The zero-order valence-corrected chi connectivity index (χ0v) is 13.1. The fourth-order valence-corrected chi connectivity index (χ4v) is 2.75. The van der Waals surface area contributed by atoms with Gasteiger partial charge in [-0.25, -0.2) is 14.3 Å². The van der Waals surface area contributed by atoms with Gasteiger partial charge in [-0.1, -0.05) is 60.7 Å². The van der Waals surface area contributed by atoms with E-state index in [-0.39, 0.29) is 0 Å². The molecule has 0 bridgehead atoms. The van der Waals surface area contributed by atoms with Gasteiger partial charge in [-0.3, -0.25) is 10.0 Å². The molecule has 3 aromatic carbocycles. The lowest BCUT2D eigenvalue weighted by atomic mass is 9.89. The molecule has 1 atom stereocenters. The molecular formula is C20H15F2NO2. The van der Waals surface area contributed by atoms with Crippen molar-refractivity contribution in [3.63, 3.8) is 0 Å². The quantitative estimate of drug-likeness (QED) is 0.551. The first kappa shape index (κ1) is 16.8. The molecule has 5 heteroatoms. The highest BCUT2D eigenvalue weighted by Gasteiger charge is 2.22. The van der Waals surface area contributed by atoms with Crippen molar-refractivity contribution in [3.8, 4) is 11.1 Å². The van der Waals surface area contributed by atoms with Crippen LogP contribution in [0.2, 0.25) is 0 Å². The van der Waals surface area contributed by atoms with E-state index in [0.717, 1.165) is 17.7 Å². The van der Waals surface area contributed by atoms with Crippen LogP contribution in [0.4, 0.5) is 8.78 Å². The highest BCUT2D eigenvalue weighted by atomic mass is 19.2. The summed E-state index contributed by atoms with van der Waals surface area (Å²) in [5, 5.41) is 9.04. The lowest BCUT2D eigenvalue weighted by Gasteiger charge is -2.16. The normalized spacial score (nSPS) is 11.8. The average molecular weight is 339 g/mol. The number of nitrogens with one attached hydrogen (secondary N) is 1. The summed E-state index contributed by atoms with van der Waals surface area (Å²) < 4.78 is 26.4. The van der Waals surface area contributed by atoms with Crippen molar-refractivity contribution in [1.29, 1.82) is 0 Å². The maximum absolute atomic E-state index is 13.4. The molecule has 0 fully saturated rings. The summed E-state index contributed by atoms with van der Waals surface area (Å²) in [5.74, 6) is -3.04. The first-order chi connectivity index (χ1) is 12.1. The van der Waals surface area contributed by atoms with Gasteiger partial charge in [-0.05, 0) is 34.4 Å². The van der Waals surface area contributed by atoms with Gasteiger partial charge in [-0.15, -0.1) is 0 Å². The van der Waals surface area contributed by atoms with Gasteiger partial charge in [-0.2, -0.15) is 0 Å². The molecule has 1 unspecified atom stereocenters. The van der Waals surface area contributed by atoms with Gasteiger partial charge in [0.15, 0.2) is 11.6 Å². The highest BCUT2D eigenvalue weighted by molar-refractivity contribution is 5.86. The Balaban J connectivity index is 1.96. The van der Waals surface area contributed by atoms with Crippen molar-refractivity contribution in [1.82, 2.24) is 5.48 Å². The second-order valence-electron chi connectivity index (χ2n) is 5.57. The molecule has 0 aliphatic carbocycles. The van der Waals surface area contributed by atoms with Crippen molar-refractivity contribution in [2.24, 2.45) is 0 Å². The molecule has 126 valence electrons. The zero-order chi connectivity index (χ0) is 17.8. The average Bonchev–Trinajstić information content (AvgIpc) is 2.65. The standard InChI is InChI=1S/C20H15F2NO2/c21-17-11-10-16(12-18(17)22)13-6-8-15(9-7-13)19(20(24)23-25)14-4-2-1-3-5-14/h1-12,19,25H,(H,23,24). The number of amides is 1. The minimum Gasteiger partial charge on any atom is -0.289 e. The summed E-state index contributed by atoms with van der Waals surface area (Å²) in [4.78, 5) is 12.1. The number of rotatable bonds is 4. The maximum Gasteiger partial charge on any atom is 0.255 e. The van der Waals surface area contributed by atoms with Crippen molar-refractivity contribution < 1.29 is 18.8 Å². The zero-order valence-electron chi connectivity index (χ0n) is 13.1. The van der Waals surface area contributed by atoms with E-state index in [9.17, 15) is 13.6 Å². The molecule has 1 amide bonds. The van der Waals surface area contributed by atoms with Gasteiger partial charge in [0.25, 0.3) is 5.91 Å². The van der Waals surface area contributed by atoms with Gasteiger partial charge in [0, 0.05) is 0 Å². The molecule has 0 aromatic heterocycles. The van der Waals surface area contributed by atoms with E-state index in [2.05, 4.69) is 0 Å². The van der Waals surface area contributed by atoms with Crippen LogP contribution < -0.4 is 5.48 Å². The maximum atomic E-state index is 13.4. The fourth-order valence-electron chi connectivity index (χ4n) is 2.75. The van der Waals surface area contributed by atoms with E-state index in [1.807, 2.05) is 18.2 Å². The van der Waals surface area contributed by atoms with Crippen LogP contribution in [0.25, 0.3) is 11.1 Å². The van der Waals surface area contributed by atoms with Crippen LogP contribution in [0.5, 0.6) is 0 Å². The number of hydrogen-bond acceptors (Lipinski definition) is 2. The first-order valence-corrected chi connectivity index (χ1v) is 7.64. The van der Waals surface area contributed by atoms with Crippen LogP contribution in [-0.4, -0.2) is 11.1 Å². The van der Waals surface area contributed by atoms with Crippen LogP contribution in [0, 0.1) is 11.6 Å². The molecule has 0 heterocycles. The summed E-state index contributed by atoms with van der Waals surface area (Å²) in [6, 6.07) is 19.6. The van der Waals surface area contributed by atoms with Gasteiger partial charge in [0.1, 0.15) is 0 Å². The Morgan fingerprint density at radius 3 is 2.00 bits per heavy atom. The SMILES string of the molecule is O=C(NO)C(c1ccccc1)c1ccc(-c2ccc(F)c(F)c2)cc1. The minimum absolute atomic E-state index is 0.535. The minimum atomic E-state index is -0.914. The molecule has 3 aromatic rings. The number of hydroxylamine groups is 1. The predicted octanol–water partition coefficient (Wildman–Crippen LogP) is 4.27. The van der Waals surface area contributed by atoms with Gasteiger partial charge in [0.2, 0.25) is 0 Å². The molecule has 2 N–H and O–H groups in total. The van der Waals surface area contributed by atoms with E-state index in [0.29, 0.717) is 16.7 Å². The van der Waals surface area contributed by atoms with Crippen molar-refractivity contribution >= 4 is 5.91 Å². The molecule has 0 saturated heterocycles. The summed E-state index contributed by atoms with van der Waals surface area (Å²) in [6.45, 7) is 0. The molecule has 0 aliphatic rings. The van der Waals surface area contributed by atoms with Crippen LogP contribution in [-0.2, 0) is 4.79 Å². The van der Waals surface area contributed by atoms with E-state index >= 15 is 0 Å². The van der Waals surface area contributed by atoms with Crippen LogP contribution in [0.3, 0.4) is 0 Å². The summed E-state index contributed by atoms with van der Waals surface area (Å²) in [7, 11) is 0. The largest absolute Gasteiger partial charge is 0.289 e. The van der Waals surface area contributed by atoms with E-state index in [1.54, 1.807) is 41.9 Å². The number of halogens is 2. The Bertz CT molecular complexity index is 880. The third-order valence-corrected chi connectivity index (χ3v) is 4.00. The Hall–Kier alpha value is -3.05. The lowest BCUT2D eigenvalue weighted by molar-refractivity contribution is -0.129. The van der Waals surface area contributed by atoms with E-state index in [4.69, 9.17) is 5.21 Å². The van der Waals surface area contributed by atoms with Crippen molar-refractivity contribution in [3.05, 3.63) is 95.6 Å². The Kier molecular flexibility index (Phi) is 4.86. The number of benzene rings is 3. The molecule has 25 heavy (non-hydrogen) atoms. The second-order valence-corrected chi connectivity index (χ2v) is 5.57. The second kappa shape index (κ2) is 7.23. The summed E-state index contributed by atoms with van der Waals surface area (Å²) in [5.41, 5.74) is 4.32. The molecule has 0 aliphatic heterocycles. The fraction of sp³-hybridized carbons (Fsp3) is 0.0500. The number of carbonyl (C=O) groups is 1. The van der Waals surface area contributed by atoms with Crippen molar-refractivity contribution in [2.75, 3.05) is 0 Å². The predicted molar refractivity (Wildman–Crippen MR) is 90.0 cm³/mol. The molecule has 3 rings (SSSR count). The van der Waals surface area contributed by atoms with Crippen LogP contribution in [0.1, 0.15) is 17.0 Å². The summed E-state index contributed by atoms with van der Waals surface area (Å²) in [6.07, 6.45) is 0. The van der Waals surface area contributed by atoms with Crippen molar-refractivity contribution in [2.45, 2.75) is 5.92 Å². The van der Waals surface area contributed by atoms with E-state index < -0.39 is 23.5 Å². The molecule has 3 nitrogen and oxygen atoms in total. The lowest BCUT2D eigenvalue weighted by Crippen LogP contribution is -2.27. The van der Waals surface area contributed by atoms with Gasteiger partial charge in [0.05, 0.1) is 5.92 Å². The highest BCUT2D eigenvalue weighted by Crippen LogP contribution is 2.28. The third-order valence-electron chi connectivity index (χ3n) is 4.00. The van der Waals surface area contributed by atoms with Crippen LogP contribution in [0.15, 0.2) is 72.8 Å². The molecule has 0 radical (unpaired) electrons. The van der Waals surface area contributed by atoms with Crippen LogP contribution >= 0.6 is 0 Å².